The van der Waals surface area contributed by atoms with Crippen LogP contribution in [0.2, 0.25) is 0 Å². The van der Waals surface area contributed by atoms with Crippen LogP contribution in [0.4, 0.5) is 13.2 Å². The molecule has 0 spiro atoms. The van der Waals surface area contributed by atoms with Gasteiger partial charge in [-0.15, -0.1) is 0 Å². The molecule has 3 rings (SSSR count). The molecule has 2 aromatic rings. The summed E-state index contributed by atoms with van der Waals surface area (Å²) in [6, 6.07) is 9.02. The fraction of sp³-hybridized carbons (Fsp3) is 0.286. The molecule has 19 heavy (non-hydrogen) atoms. The second-order valence-electron chi connectivity index (χ2n) is 5.04. The first-order chi connectivity index (χ1) is 8.88. The highest BCUT2D eigenvalue weighted by Crippen LogP contribution is 2.50. The molecule has 0 atom stereocenters. The van der Waals surface area contributed by atoms with Crippen molar-refractivity contribution in [1.82, 2.24) is 0 Å². The first kappa shape index (κ1) is 12.3. The lowest BCUT2D eigenvalue weighted by molar-refractivity contribution is -0.130. The van der Waals surface area contributed by atoms with Gasteiger partial charge in [0.1, 0.15) is 17.3 Å². The van der Waals surface area contributed by atoms with Crippen LogP contribution in [0.15, 0.2) is 40.8 Å². The van der Waals surface area contributed by atoms with Crippen molar-refractivity contribution in [2.75, 3.05) is 0 Å². The van der Waals surface area contributed by atoms with Crippen LogP contribution in [-0.2, 0) is 5.54 Å². The highest BCUT2D eigenvalue weighted by Gasteiger charge is 2.56. The number of hydrogen-bond acceptors (Lipinski definition) is 2. The predicted molar refractivity (Wildman–Crippen MR) is 64.1 cm³/mol. The average molecular weight is 267 g/mol. The molecule has 0 amide bonds. The number of hydrogen-bond donors (Lipinski definition) is 1. The van der Waals surface area contributed by atoms with E-state index in [1.807, 2.05) is 0 Å². The molecule has 1 heterocycles. The third-order valence-corrected chi connectivity index (χ3v) is 3.37. The molecule has 0 bridgehead atoms. The van der Waals surface area contributed by atoms with E-state index in [1.54, 1.807) is 24.3 Å². The minimum Gasteiger partial charge on any atom is -0.459 e. The first-order valence-electron chi connectivity index (χ1n) is 5.91. The van der Waals surface area contributed by atoms with Crippen LogP contribution < -0.4 is 5.73 Å². The van der Waals surface area contributed by atoms with Gasteiger partial charge in [-0.3, -0.25) is 0 Å². The zero-order valence-electron chi connectivity index (χ0n) is 10.00. The summed E-state index contributed by atoms with van der Waals surface area (Å²) in [4.78, 5) is 0. The number of rotatable bonds is 2. The summed E-state index contributed by atoms with van der Waals surface area (Å²) < 4.78 is 44.2. The van der Waals surface area contributed by atoms with Gasteiger partial charge in [0.15, 0.2) is 0 Å². The van der Waals surface area contributed by atoms with E-state index in [1.165, 1.54) is 12.1 Å². The molecule has 0 radical (unpaired) electrons. The van der Waals surface area contributed by atoms with E-state index in [4.69, 9.17) is 10.2 Å². The van der Waals surface area contributed by atoms with E-state index in [0.717, 1.165) is 0 Å². The van der Waals surface area contributed by atoms with Gasteiger partial charge in [0.2, 0.25) is 0 Å². The summed E-state index contributed by atoms with van der Waals surface area (Å²) >= 11 is 0. The van der Waals surface area contributed by atoms with E-state index in [9.17, 15) is 13.2 Å². The first-order valence-corrected chi connectivity index (χ1v) is 5.91. The minimum absolute atomic E-state index is 0.343. The molecular weight excluding hydrogens is 255 g/mol. The standard InChI is InChI=1S/C14H12F3NO/c15-10-3-1-9(2-4-10)11-5-6-12(19-11)13(18)7-14(16,17)8-13/h1-6H,7-8,18H2. The summed E-state index contributed by atoms with van der Waals surface area (Å²) in [6.07, 6.45) is -0.813. The summed E-state index contributed by atoms with van der Waals surface area (Å²) in [5, 5.41) is 0. The summed E-state index contributed by atoms with van der Waals surface area (Å²) in [5.74, 6) is -2.21. The third-order valence-electron chi connectivity index (χ3n) is 3.37. The Morgan fingerprint density at radius 2 is 1.63 bits per heavy atom. The molecule has 100 valence electrons. The van der Waals surface area contributed by atoms with E-state index in [-0.39, 0.29) is 5.82 Å². The van der Waals surface area contributed by atoms with Crippen LogP contribution in [0.25, 0.3) is 11.3 Å². The van der Waals surface area contributed by atoms with Crippen LogP contribution in [0.3, 0.4) is 0 Å². The smallest absolute Gasteiger partial charge is 0.252 e. The number of alkyl halides is 2. The quantitative estimate of drug-likeness (QED) is 0.901. The molecule has 1 aromatic heterocycles. The maximum Gasteiger partial charge on any atom is 0.252 e. The molecule has 1 aromatic carbocycles. The van der Waals surface area contributed by atoms with Crippen LogP contribution in [0, 0.1) is 5.82 Å². The lowest BCUT2D eigenvalue weighted by atomic mass is 9.72. The Hall–Kier alpha value is -1.75. The van der Waals surface area contributed by atoms with Crippen molar-refractivity contribution < 1.29 is 17.6 Å². The van der Waals surface area contributed by atoms with Crippen LogP contribution in [-0.4, -0.2) is 5.92 Å². The summed E-state index contributed by atoms with van der Waals surface area (Å²) in [7, 11) is 0. The number of benzene rings is 1. The van der Waals surface area contributed by atoms with Crippen molar-refractivity contribution in [3.8, 4) is 11.3 Å². The fourth-order valence-electron chi connectivity index (χ4n) is 2.42. The lowest BCUT2D eigenvalue weighted by Gasteiger charge is -2.42. The highest BCUT2D eigenvalue weighted by molar-refractivity contribution is 5.57. The van der Waals surface area contributed by atoms with Crippen molar-refractivity contribution in [2.45, 2.75) is 24.3 Å². The van der Waals surface area contributed by atoms with Gasteiger partial charge in [-0.25, -0.2) is 13.2 Å². The monoisotopic (exact) mass is 267 g/mol. The third kappa shape index (κ3) is 2.14. The topological polar surface area (TPSA) is 39.2 Å². The predicted octanol–water partition coefficient (Wildman–Crippen LogP) is 3.67. The SMILES string of the molecule is NC1(c2ccc(-c3ccc(F)cc3)o2)CC(F)(F)C1. The molecule has 1 aliphatic rings. The lowest BCUT2D eigenvalue weighted by Crippen LogP contribution is -2.55. The van der Waals surface area contributed by atoms with Gasteiger partial charge < -0.3 is 10.2 Å². The Balaban J connectivity index is 1.86. The molecule has 1 fully saturated rings. The van der Waals surface area contributed by atoms with Gasteiger partial charge in [0.05, 0.1) is 5.54 Å². The molecule has 0 unspecified atom stereocenters. The van der Waals surface area contributed by atoms with Gasteiger partial charge in [0, 0.05) is 18.4 Å². The molecule has 2 nitrogen and oxygen atoms in total. The Bertz CT molecular complexity index is 595. The molecule has 0 saturated heterocycles. The number of nitrogens with two attached hydrogens (primary N) is 1. The average Bonchev–Trinajstić information content (AvgIpc) is 2.77. The second kappa shape index (κ2) is 3.87. The molecular formula is C14H12F3NO. The Labute approximate surface area is 108 Å². The van der Waals surface area contributed by atoms with Crippen molar-refractivity contribution >= 4 is 0 Å². The van der Waals surface area contributed by atoms with Crippen molar-refractivity contribution in [1.29, 1.82) is 0 Å². The van der Waals surface area contributed by atoms with Gasteiger partial charge in [0.25, 0.3) is 5.92 Å². The largest absolute Gasteiger partial charge is 0.459 e. The zero-order valence-corrected chi connectivity index (χ0v) is 10.00. The highest BCUT2D eigenvalue weighted by atomic mass is 19.3. The van der Waals surface area contributed by atoms with Gasteiger partial charge in [-0.05, 0) is 36.4 Å². The molecule has 1 saturated carbocycles. The van der Waals surface area contributed by atoms with E-state index >= 15 is 0 Å². The van der Waals surface area contributed by atoms with Crippen molar-refractivity contribution in [3.63, 3.8) is 0 Å². The second-order valence-corrected chi connectivity index (χ2v) is 5.04. The maximum absolute atomic E-state index is 12.9. The summed E-state index contributed by atoms with van der Waals surface area (Å²) in [5.41, 5.74) is 5.47. The molecule has 1 aliphatic carbocycles. The normalized spacial score (nSPS) is 20.0. The number of halogens is 3. The maximum atomic E-state index is 12.9. The van der Waals surface area contributed by atoms with E-state index in [0.29, 0.717) is 17.1 Å². The molecule has 5 heteroatoms. The van der Waals surface area contributed by atoms with Gasteiger partial charge in [-0.2, -0.15) is 0 Å². The van der Waals surface area contributed by atoms with Gasteiger partial charge in [-0.1, -0.05) is 0 Å². The Morgan fingerprint density at radius 3 is 2.21 bits per heavy atom. The number of furan rings is 1. The van der Waals surface area contributed by atoms with Crippen LogP contribution in [0.1, 0.15) is 18.6 Å². The zero-order chi connectivity index (χ0) is 13.7. The Kier molecular flexibility index (Phi) is 2.50. The molecule has 2 N–H and O–H groups in total. The van der Waals surface area contributed by atoms with Crippen LogP contribution in [0.5, 0.6) is 0 Å². The van der Waals surface area contributed by atoms with E-state index in [2.05, 4.69) is 0 Å². The van der Waals surface area contributed by atoms with Crippen LogP contribution >= 0.6 is 0 Å². The van der Waals surface area contributed by atoms with E-state index < -0.39 is 24.3 Å². The molecule has 0 aliphatic heterocycles. The van der Waals surface area contributed by atoms with Crippen molar-refractivity contribution in [2.24, 2.45) is 5.73 Å². The van der Waals surface area contributed by atoms with Gasteiger partial charge >= 0.3 is 0 Å². The summed E-state index contributed by atoms with van der Waals surface area (Å²) in [6.45, 7) is 0. The van der Waals surface area contributed by atoms with Crippen molar-refractivity contribution in [3.05, 3.63) is 48.0 Å². The Morgan fingerprint density at radius 1 is 1.00 bits per heavy atom. The minimum atomic E-state index is -2.71. The fourth-order valence-corrected chi connectivity index (χ4v) is 2.42.